The summed E-state index contributed by atoms with van der Waals surface area (Å²) >= 11 is 0. The molecule has 148 valence electrons. The maximum Gasteiger partial charge on any atom is 0.228 e. The van der Waals surface area contributed by atoms with E-state index in [9.17, 15) is 4.79 Å². The van der Waals surface area contributed by atoms with Crippen LogP contribution in [0.2, 0.25) is 0 Å². The van der Waals surface area contributed by atoms with Crippen molar-refractivity contribution in [2.45, 2.75) is 58.9 Å². The number of nitrogens with zero attached hydrogens (tertiary/aromatic N) is 5. The van der Waals surface area contributed by atoms with E-state index in [1.54, 1.807) is 16.9 Å². The smallest absolute Gasteiger partial charge is 0.228 e. The number of fused-ring (bicyclic) bond motifs is 1. The molecule has 3 rings (SSSR count). The fourth-order valence-corrected chi connectivity index (χ4v) is 3.00. The molecule has 3 aromatic heterocycles. The van der Waals surface area contributed by atoms with Crippen molar-refractivity contribution in [1.29, 1.82) is 0 Å². The van der Waals surface area contributed by atoms with Gasteiger partial charge in [0.1, 0.15) is 5.82 Å². The number of nitrogens with one attached hydrogen (secondary N) is 2. The Balaban J connectivity index is 1.93. The van der Waals surface area contributed by atoms with Crippen molar-refractivity contribution in [3.8, 4) is 0 Å². The lowest BCUT2D eigenvalue weighted by Crippen LogP contribution is -2.20. The molecule has 0 saturated heterocycles. The van der Waals surface area contributed by atoms with Gasteiger partial charge in [-0.2, -0.15) is 4.52 Å². The van der Waals surface area contributed by atoms with E-state index in [2.05, 4.69) is 44.8 Å². The summed E-state index contributed by atoms with van der Waals surface area (Å²) in [6.07, 6.45) is 5.59. The second kappa shape index (κ2) is 8.77. The lowest BCUT2D eigenvalue weighted by molar-refractivity contribution is -0.115. The molecule has 0 aliphatic heterocycles. The zero-order chi connectivity index (χ0) is 20.1. The molecule has 0 aromatic carbocycles. The van der Waals surface area contributed by atoms with Gasteiger partial charge in [0.05, 0.1) is 12.1 Å². The Morgan fingerprint density at radius 2 is 1.86 bits per heavy atom. The largest absolute Gasteiger partial charge is 0.366 e. The van der Waals surface area contributed by atoms with Gasteiger partial charge >= 0.3 is 0 Å². The predicted octanol–water partition coefficient (Wildman–Crippen LogP) is 3.42. The summed E-state index contributed by atoms with van der Waals surface area (Å²) in [5.41, 5.74) is 2.04. The first-order chi connectivity index (χ1) is 13.5. The Kier molecular flexibility index (Phi) is 6.18. The first-order valence-electron chi connectivity index (χ1n) is 9.73. The fourth-order valence-electron chi connectivity index (χ4n) is 3.00. The average Bonchev–Trinajstić information content (AvgIpc) is 3.11. The fraction of sp³-hybridized carbons (Fsp3) is 0.450. The third-order valence-corrected chi connectivity index (χ3v) is 4.64. The molecule has 8 nitrogen and oxygen atoms in total. The van der Waals surface area contributed by atoms with Crippen LogP contribution >= 0.6 is 0 Å². The highest BCUT2D eigenvalue weighted by atomic mass is 16.1. The van der Waals surface area contributed by atoms with Crippen molar-refractivity contribution in [2.75, 3.05) is 10.6 Å². The molecule has 3 heterocycles. The third kappa shape index (κ3) is 4.44. The van der Waals surface area contributed by atoms with E-state index in [0.29, 0.717) is 23.2 Å². The van der Waals surface area contributed by atoms with Crippen molar-refractivity contribution < 1.29 is 4.79 Å². The van der Waals surface area contributed by atoms with Crippen LogP contribution in [0.3, 0.4) is 0 Å². The SMILES string of the molecule is CCC(CC)Nc1cc(NC(=O)Cc2ccncc2)c2nnc(C(C)C)n2n1. The van der Waals surface area contributed by atoms with E-state index >= 15 is 0 Å². The molecule has 0 bridgehead atoms. The third-order valence-electron chi connectivity index (χ3n) is 4.64. The summed E-state index contributed by atoms with van der Waals surface area (Å²) in [4.78, 5) is 16.6. The Hall–Kier alpha value is -3.03. The lowest BCUT2D eigenvalue weighted by Gasteiger charge is -2.17. The summed E-state index contributed by atoms with van der Waals surface area (Å²) in [7, 11) is 0. The molecule has 0 saturated carbocycles. The van der Waals surface area contributed by atoms with Gasteiger partial charge in [0, 0.05) is 30.4 Å². The number of anilines is 2. The number of carbonyl (C=O) groups excluding carboxylic acids is 1. The van der Waals surface area contributed by atoms with Gasteiger partial charge in [-0.1, -0.05) is 27.7 Å². The van der Waals surface area contributed by atoms with Crippen LogP contribution in [-0.2, 0) is 11.2 Å². The molecule has 0 spiro atoms. The maximum atomic E-state index is 12.6. The zero-order valence-electron chi connectivity index (χ0n) is 16.8. The number of hydrogen-bond acceptors (Lipinski definition) is 6. The second-order valence-corrected chi connectivity index (χ2v) is 7.13. The number of aromatic nitrogens is 5. The highest BCUT2D eigenvalue weighted by Gasteiger charge is 2.18. The molecule has 28 heavy (non-hydrogen) atoms. The van der Waals surface area contributed by atoms with Crippen molar-refractivity contribution in [3.63, 3.8) is 0 Å². The van der Waals surface area contributed by atoms with Crippen molar-refractivity contribution >= 4 is 23.1 Å². The summed E-state index contributed by atoms with van der Waals surface area (Å²) < 4.78 is 1.72. The maximum absolute atomic E-state index is 12.6. The Morgan fingerprint density at radius 3 is 2.50 bits per heavy atom. The standard InChI is InChI=1S/C20H27N7O/c1-5-15(6-2)22-17-12-16(20-25-24-19(13(3)4)27(20)26-17)23-18(28)11-14-7-9-21-10-8-14/h7-10,12-13,15H,5-6,11H2,1-4H3,(H,22,26)(H,23,28). The van der Waals surface area contributed by atoms with Gasteiger partial charge in [-0.15, -0.1) is 15.3 Å². The number of amides is 1. The normalized spacial score (nSPS) is 11.4. The predicted molar refractivity (Wildman–Crippen MR) is 109 cm³/mol. The van der Waals surface area contributed by atoms with Crippen molar-refractivity contribution in [2.24, 2.45) is 0 Å². The van der Waals surface area contributed by atoms with E-state index in [1.807, 2.05) is 32.0 Å². The molecule has 8 heteroatoms. The molecular weight excluding hydrogens is 354 g/mol. The van der Waals surface area contributed by atoms with Gasteiger partial charge in [0.25, 0.3) is 0 Å². The van der Waals surface area contributed by atoms with E-state index in [4.69, 9.17) is 0 Å². The first kappa shape index (κ1) is 19.7. The van der Waals surface area contributed by atoms with Crippen LogP contribution in [-0.4, -0.2) is 36.7 Å². The molecule has 0 unspecified atom stereocenters. The van der Waals surface area contributed by atoms with Crippen LogP contribution < -0.4 is 10.6 Å². The summed E-state index contributed by atoms with van der Waals surface area (Å²) in [6.45, 7) is 8.35. The second-order valence-electron chi connectivity index (χ2n) is 7.13. The molecule has 1 amide bonds. The minimum absolute atomic E-state index is 0.123. The minimum atomic E-state index is -0.123. The van der Waals surface area contributed by atoms with Gasteiger partial charge in [-0.3, -0.25) is 9.78 Å². The Bertz CT molecular complexity index is 932. The molecule has 0 atom stereocenters. The van der Waals surface area contributed by atoms with Crippen LogP contribution in [0.5, 0.6) is 0 Å². The number of carbonyl (C=O) groups is 1. The van der Waals surface area contributed by atoms with E-state index in [1.165, 1.54) is 0 Å². The molecule has 0 radical (unpaired) electrons. The van der Waals surface area contributed by atoms with Crippen LogP contribution in [0.4, 0.5) is 11.5 Å². The summed E-state index contributed by atoms with van der Waals surface area (Å²) in [5.74, 6) is 1.49. The highest BCUT2D eigenvalue weighted by Crippen LogP contribution is 2.23. The number of hydrogen-bond donors (Lipinski definition) is 2. The summed E-state index contributed by atoms with van der Waals surface area (Å²) in [6, 6.07) is 5.80. The molecule has 2 N–H and O–H groups in total. The molecular formula is C20H27N7O. The number of pyridine rings is 1. The van der Waals surface area contributed by atoms with Gasteiger partial charge < -0.3 is 10.6 Å². The minimum Gasteiger partial charge on any atom is -0.366 e. The molecule has 0 aliphatic rings. The summed E-state index contributed by atoms with van der Waals surface area (Å²) in [5, 5.41) is 19.6. The Morgan fingerprint density at radius 1 is 1.14 bits per heavy atom. The first-order valence-corrected chi connectivity index (χ1v) is 9.73. The molecule has 3 aromatic rings. The van der Waals surface area contributed by atoms with Gasteiger partial charge in [0.2, 0.25) is 11.6 Å². The monoisotopic (exact) mass is 381 g/mol. The van der Waals surface area contributed by atoms with Crippen molar-refractivity contribution in [1.82, 2.24) is 24.8 Å². The van der Waals surface area contributed by atoms with Gasteiger partial charge in [-0.25, -0.2) is 0 Å². The van der Waals surface area contributed by atoms with E-state index in [0.717, 1.165) is 24.2 Å². The van der Waals surface area contributed by atoms with Gasteiger partial charge in [-0.05, 0) is 30.5 Å². The Labute approximate surface area is 164 Å². The van der Waals surface area contributed by atoms with E-state index in [-0.39, 0.29) is 18.2 Å². The molecule has 0 aliphatic carbocycles. The quantitative estimate of drug-likeness (QED) is 0.620. The van der Waals surface area contributed by atoms with Gasteiger partial charge in [0.15, 0.2) is 5.82 Å². The number of rotatable bonds is 8. The molecule has 0 fully saturated rings. The van der Waals surface area contributed by atoms with E-state index < -0.39 is 0 Å². The van der Waals surface area contributed by atoms with Crippen molar-refractivity contribution in [3.05, 3.63) is 42.0 Å². The van der Waals surface area contributed by atoms with Crippen LogP contribution in [0.1, 0.15) is 57.8 Å². The topological polar surface area (TPSA) is 97.1 Å². The lowest BCUT2D eigenvalue weighted by atomic mass is 10.2. The van der Waals surface area contributed by atoms with Crippen LogP contribution in [0.25, 0.3) is 5.65 Å². The zero-order valence-corrected chi connectivity index (χ0v) is 16.8. The highest BCUT2D eigenvalue weighted by molar-refractivity contribution is 5.95. The van der Waals surface area contributed by atoms with Crippen LogP contribution in [0, 0.1) is 0 Å². The van der Waals surface area contributed by atoms with Crippen LogP contribution in [0.15, 0.2) is 30.6 Å². The average molecular weight is 381 g/mol.